The monoisotopic (exact) mass is 602 g/mol. The summed E-state index contributed by atoms with van der Waals surface area (Å²) in [6.45, 7) is 8.05. The van der Waals surface area contributed by atoms with Gasteiger partial charge in [0.15, 0.2) is 17.3 Å². The van der Waals surface area contributed by atoms with Crippen LogP contribution in [0.25, 0.3) is 18.2 Å². The Morgan fingerprint density at radius 2 is 0.522 bits per heavy atom. The summed E-state index contributed by atoms with van der Waals surface area (Å²) in [5, 5.41) is 0. The van der Waals surface area contributed by atoms with Crippen LogP contribution >= 0.6 is 0 Å². The summed E-state index contributed by atoms with van der Waals surface area (Å²) in [6.07, 6.45) is 10.2. The van der Waals surface area contributed by atoms with Crippen molar-refractivity contribution in [1.29, 1.82) is 0 Å². The van der Waals surface area contributed by atoms with Crippen molar-refractivity contribution >= 4 is 35.6 Å². The van der Waals surface area contributed by atoms with E-state index in [-0.39, 0.29) is 17.3 Å². The van der Waals surface area contributed by atoms with Gasteiger partial charge in [0.2, 0.25) is 0 Å². The fraction of sp³-hybridized carbons (Fsp3) is 0.0930. The van der Waals surface area contributed by atoms with E-state index in [1.807, 2.05) is 155 Å². The van der Waals surface area contributed by atoms with E-state index < -0.39 is 0 Å². The van der Waals surface area contributed by atoms with Crippen LogP contribution < -0.4 is 0 Å². The Morgan fingerprint density at radius 3 is 0.761 bits per heavy atom. The number of hydrogen-bond acceptors (Lipinski definition) is 3. The second-order valence-corrected chi connectivity index (χ2v) is 11.3. The molecule has 0 fully saturated rings. The van der Waals surface area contributed by atoms with Crippen molar-refractivity contribution in [2.75, 3.05) is 0 Å². The smallest absolute Gasteiger partial charge is 0.185 e. The van der Waals surface area contributed by atoms with E-state index >= 15 is 0 Å². The third-order valence-electron chi connectivity index (χ3n) is 7.30. The van der Waals surface area contributed by atoms with Crippen molar-refractivity contribution in [2.24, 2.45) is 0 Å². The fourth-order valence-electron chi connectivity index (χ4n) is 4.35. The van der Waals surface area contributed by atoms with E-state index in [4.69, 9.17) is 0 Å². The molecule has 46 heavy (non-hydrogen) atoms. The van der Waals surface area contributed by atoms with Crippen LogP contribution in [-0.4, -0.2) is 17.3 Å². The minimum Gasteiger partial charge on any atom is -0.289 e. The molecule has 5 aromatic carbocycles. The highest BCUT2D eigenvalue weighted by Crippen LogP contribution is 2.12. The lowest BCUT2D eigenvalue weighted by Gasteiger charge is -1.99. The first kappa shape index (κ1) is 33.2. The molecule has 0 aliphatic rings. The SMILES string of the molecule is Cc1ccc(C(=O)C=Cc2ccc(C=CC(=O)c3ccc(C)cc3)cc2)cc1.Cc1ccc(C=CC(=O)c2ccc(C)cc2)cc1. The number of ketones is 3. The third-order valence-corrected chi connectivity index (χ3v) is 7.30. The molecular formula is C43H38O3. The van der Waals surface area contributed by atoms with Gasteiger partial charge in [-0.15, -0.1) is 0 Å². The van der Waals surface area contributed by atoms with Crippen LogP contribution in [0.1, 0.15) is 70.0 Å². The Morgan fingerprint density at radius 1 is 0.326 bits per heavy atom. The van der Waals surface area contributed by atoms with E-state index in [9.17, 15) is 14.4 Å². The topological polar surface area (TPSA) is 51.2 Å². The Hall–Kier alpha value is -5.67. The van der Waals surface area contributed by atoms with Gasteiger partial charge in [0.25, 0.3) is 0 Å². The first-order valence-corrected chi connectivity index (χ1v) is 15.2. The molecule has 0 aromatic heterocycles. The molecule has 5 rings (SSSR count). The minimum atomic E-state index is -0.0207. The third kappa shape index (κ3) is 10.5. The van der Waals surface area contributed by atoms with Crippen LogP contribution in [-0.2, 0) is 0 Å². The lowest BCUT2D eigenvalue weighted by molar-refractivity contribution is 0.103. The van der Waals surface area contributed by atoms with Crippen LogP contribution in [0.15, 0.2) is 140 Å². The van der Waals surface area contributed by atoms with Gasteiger partial charge in [0, 0.05) is 16.7 Å². The summed E-state index contributed by atoms with van der Waals surface area (Å²) >= 11 is 0. The summed E-state index contributed by atoms with van der Waals surface area (Å²) in [7, 11) is 0. The summed E-state index contributed by atoms with van der Waals surface area (Å²) in [4.78, 5) is 36.3. The Balaban J connectivity index is 0.000000230. The highest BCUT2D eigenvalue weighted by Gasteiger charge is 2.03. The number of benzene rings is 5. The standard InChI is InChI=1S/C26H22O2.C17H16O/c1-19-3-13-23(14-4-19)25(27)17-11-21-7-9-22(10-8-21)12-18-26(28)24-15-5-20(2)6-16-24;1-13-3-7-15(8-4-13)9-12-17(18)16-10-5-14(2)6-11-16/h3-18H,1-2H3;3-12H,1-2H3. The van der Waals surface area contributed by atoms with Crippen molar-refractivity contribution < 1.29 is 14.4 Å². The van der Waals surface area contributed by atoms with Gasteiger partial charge < -0.3 is 0 Å². The van der Waals surface area contributed by atoms with E-state index in [2.05, 4.69) is 0 Å². The first-order chi connectivity index (χ1) is 22.2. The zero-order chi connectivity index (χ0) is 32.9. The van der Waals surface area contributed by atoms with E-state index in [1.165, 1.54) is 5.56 Å². The lowest BCUT2D eigenvalue weighted by Crippen LogP contribution is -1.94. The van der Waals surface area contributed by atoms with Gasteiger partial charge in [-0.1, -0.05) is 162 Å². The molecule has 0 saturated heterocycles. The highest BCUT2D eigenvalue weighted by atomic mass is 16.1. The van der Waals surface area contributed by atoms with Gasteiger partial charge in [-0.05, 0) is 62.6 Å². The minimum absolute atomic E-state index is 0.0207. The quantitative estimate of drug-likeness (QED) is 0.125. The van der Waals surface area contributed by atoms with Gasteiger partial charge in [0.1, 0.15) is 0 Å². The van der Waals surface area contributed by atoms with Gasteiger partial charge >= 0.3 is 0 Å². The summed E-state index contributed by atoms with van der Waals surface area (Å²) in [6, 6.07) is 38.5. The molecule has 0 N–H and O–H groups in total. The molecule has 0 amide bonds. The molecule has 0 heterocycles. The van der Waals surface area contributed by atoms with Crippen LogP contribution in [0.4, 0.5) is 0 Å². The van der Waals surface area contributed by atoms with Gasteiger partial charge in [-0.25, -0.2) is 0 Å². The van der Waals surface area contributed by atoms with Gasteiger partial charge in [0.05, 0.1) is 0 Å². The van der Waals surface area contributed by atoms with Crippen molar-refractivity contribution in [1.82, 2.24) is 0 Å². The van der Waals surface area contributed by atoms with Crippen molar-refractivity contribution in [2.45, 2.75) is 27.7 Å². The Labute approximate surface area is 272 Å². The van der Waals surface area contributed by atoms with Crippen LogP contribution in [0.2, 0.25) is 0 Å². The van der Waals surface area contributed by atoms with Crippen molar-refractivity contribution in [3.63, 3.8) is 0 Å². The summed E-state index contributed by atoms with van der Waals surface area (Å²) in [5.41, 5.74) is 9.63. The maximum absolute atomic E-state index is 12.2. The highest BCUT2D eigenvalue weighted by molar-refractivity contribution is 6.08. The molecule has 228 valence electrons. The predicted molar refractivity (Wildman–Crippen MR) is 191 cm³/mol. The molecule has 0 bridgehead atoms. The molecule has 3 heteroatoms. The van der Waals surface area contributed by atoms with Crippen LogP contribution in [0, 0.1) is 27.7 Å². The number of aryl methyl sites for hydroxylation is 4. The fourth-order valence-corrected chi connectivity index (χ4v) is 4.35. The number of rotatable bonds is 9. The molecule has 5 aromatic rings. The van der Waals surface area contributed by atoms with E-state index in [1.54, 1.807) is 30.4 Å². The molecule has 0 unspecified atom stereocenters. The average molecular weight is 603 g/mol. The zero-order valence-electron chi connectivity index (χ0n) is 26.7. The normalized spacial score (nSPS) is 11.0. The lowest BCUT2D eigenvalue weighted by atomic mass is 10.1. The molecule has 0 saturated carbocycles. The molecule has 0 radical (unpaired) electrons. The van der Waals surface area contributed by atoms with E-state index in [0.717, 1.165) is 38.9 Å². The summed E-state index contributed by atoms with van der Waals surface area (Å²) < 4.78 is 0. The predicted octanol–water partition coefficient (Wildman–Crippen LogP) is 10.3. The average Bonchev–Trinajstić information content (AvgIpc) is 3.07. The summed E-state index contributed by atoms with van der Waals surface area (Å²) in [5.74, 6) is -0.00379. The van der Waals surface area contributed by atoms with Gasteiger partial charge in [-0.3, -0.25) is 14.4 Å². The van der Waals surface area contributed by atoms with Crippen molar-refractivity contribution in [3.05, 3.63) is 195 Å². The van der Waals surface area contributed by atoms with Crippen molar-refractivity contribution in [3.8, 4) is 0 Å². The largest absolute Gasteiger partial charge is 0.289 e. The molecule has 3 nitrogen and oxygen atoms in total. The van der Waals surface area contributed by atoms with Crippen LogP contribution in [0.3, 0.4) is 0 Å². The Kier molecular flexibility index (Phi) is 11.9. The van der Waals surface area contributed by atoms with Crippen LogP contribution in [0.5, 0.6) is 0 Å². The number of carbonyl (C=O) groups excluding carboxylic acids is 3. The molecule has 0 aliphatic carbocycles. The number of allylic oxidation sites excluding steroid dienone is 3. The zero-order valence-corrected chi connectivity index (χ0v) is 26.7. The molecule has 0 aliphatic heterocycles. The first-order valence-electron chi connectivity index (χ1n) is 15.2. The Bertz CT molecular complexity index is 1760. The molecule has 0 atom stereocenters. The second-order valence-electron chi connectivity index (χ2n) is 11.3. The van der Waals surface area contributed by atoms with Gasteiger partial charge in [-0.2, -0.15) is 0 Å². The van der Waals surface area contributed by atoms with E-state index in [0.29, 0.717) is 11.1 Å². The second kappa shape index (κ2) is 16.4. The number of hydrogen-bond donors (Lipinski definition) is 0. The maximum atomic E-state index is 12.2. The molecule has 0 spiro atoms. The molecular weight excluding hydrogens is 564 g/mol. The number of carbonyl (C=O) groups is 3. The maximum Gasteiger partial charge on any atom is 0.185 e.